The van der Waals surface area contributed by atoms with E-state index in [2.05, 4.69) is 10.3 Å². The number of carbonyl (C=O) groups excluding carboxylic acids is 3. The molecule has 2 aliphatic heterocycles. The van der Waals surface area contributed by atoms with E-state index < -0.39 is 23.6 Å². The summed E-state index contributed by atoms with van der Waals surface area (Å²) in [6, 6.07) is 7.46. The summed E-state index contributed by atoms with van der Waals surface area (Å²) in [6.45, 7) is 0.301. The Labute approximate surface area is 144 Å². The highest BCUT2D eigenvalue weighted by molar-refractivity contribution is 6.27. The number of hydrogen-bond donors (Lipinski definition) is 1. The van der Waals surface area contributed by atoms with E-state index in [-0.39, 0.29) is 5.84 Å². The molecule has 3 amide bonds. The van der Waals surface area contributed by atoms with Crippen molar-refractivity contribution in [1.82, 2.24) is 10.2 Å². The monoisotopic (exact) mass is 339 g/mol. The van der Waals surface area contributed by atoms with Gasteiger partial charge in [0.15, 0.2) is 5.92 Å². The predicted octanol–water partition coefficient (Wildman–Crippen LogP) is 0.821. The summed E-state index contributed by atoms with van der Waals surface area (Å²) in [6.07, 6.45) is 6.91. The molecule has 1 aromatic rings. The number of amides is 3. The first-order chi connectivity index (χ1) is 12.1. The molecule has 0 bridgehead atoms. The van der Waals surface area contributed by atoms with E-state index in [9.17, 15) is 14.4 Å². The van der Waals surface area contributed by atoms with Gasteiger partial charge in [-0.2, -0.15) is 4.99 Å². The Bertz CT molecular complexity index is 810. The van der Waals surface area contributed by atoms with Crippen LogP contribution in [0.3, 0.4) is 0 Å². The molecule has 1 aromatic carbocycles. The Morgan fingerprint density at radius 2 is 2.16 bits per heavy atom. The van der Waals surface area contributed by atoms with Gasteiger partial charge in [-0.3, -0.25) is 19.3 Å². The molecule has 0 saturated heterocycles. The van der Waals surface area contributed by atoms with E-state index in [4.69, 9.17) is 4.74 Å². The fourth-order valence-electron chi connectivity index (χ4n) is 2.62. The number of nitrogens with zero attached hydrogens (tertiary/aromatic N) is 2. The number of allylic oxidation sites excluding steroid dienone is 2. The van der Waals surface area contributed by atoms with E-state index in [0.717, 1.165) is 11.3 Å². The van der Waals surface area contributed by atoms with Crippen molar-refractivity contribution in [3.05, 3.63) is 54.3 Å². The van der Waals surface area contributed by atoms with Gasteiger partial charge in [0.2, 0.25) is 5.91 Å². The highest BCUT2D eigenvalue weighted by Crippen LogP contribution is 2.17. The Morgan fingerprint density at radius 3 is 2.96 bits per heavy atom. The van der Waals surface area contributed by atoms with Crippen molar-refractivity contribution < 1.29 is 19.1 Å². The van der Waals surface area contributed by atoms with Gasteiger partial charge in [-0.15, -0.1) is 0 Å². The van der Waals surface area contributed by atoms with E-state index in [1.807, 2.05) is 24.3 Å². The van der Waals surface area contributed by atoms with Crippen LogP contribution in [0, 0.1) is 5.92 Å². The van der Waals surface area contributed by atoms with Crippen LogP contribution < -0.4 is 10.1 Å². The zero-order valence-electron chi connectivity index (χ0n) is 13.6. The Hall–Kier alpha value is -3.22. The van der Waals surface area contributed by atoms with Crippen LogP contribution in [0.15, 0.2) is 53.7 Å². The summed E-state index contributed by atoms with van der Waals surface area (Å²) in [4.78, 5) is 41.8. The zero-order valence-corrected chi connectivity index (χ0v) is 13.6. The number of hydrogen-bond acceptors (Lipinski definition) is 4. The molecule has 0 spiro atoms. The fourth-order valence-corrected chi connectivity index (χ4v) is 2.62. The van der Waals surface area contributed by atoms with Gasteiger partial charge in [-0.1, -0.05) is 18.2 Å². The van der Waals surface area contributed by atoms with Crippen molar-refractivity contribution in [2.45, 2.75) is 6.42 Å². The van der Waals surface area contributed by atoms with Crippen LogP contribution in [0.4, 0.5) is 0 Å². The lowest BCUT2D eigenvalue weighted by molar-refractivity contribution is -0.144. The number of rotatable bonds is 5. The summed E-state index contributed by atoms with van der Waals surface area (Å²) in [5.41, 5.74) is 0.977. The zero-order chi connectivity index (χ0) is 17.8. The van der Waals surface area contributed by atoms with Crippen molar-refractivity contribution in [3.8, 4) is 5.75 Å². The average Bonchev–Trinajstić information content (AvgIpc) is 2.62. The van der Waals surface area contributed by atoms with Crippen LogP contribution in [0.5, 0.6) is 5.75 Å². The Balaban J connectivity index is 1.62. The largest absolute Gasteiger partial charge is 0.497 e. The van der Waals surface area contributed by atoms with Crippen molar-refractivity contribution in [2.24, 2.45) is 10.9 Å². The molecule has 2 heterocycles. The molecule has 128 valence electrons. The van der Waals surface area contributed by atoms with Gasteiger partial charge in [0.25, 0.3) is 11.8 Å². The number of ether oxygens (including phenoxy) is 1. The molecule has 25 heavy (non-hydrogen) atoms. The van der Waals surface area contributed by atoms with E-state index in [1.54, 1.807) is 25.3 Å². The summed E-state index contributed by atoms with van der Waals surface area (Å²) in [5.74, 6) is -2.44. The number of methoxy groups -OCH3 is 1. The van der Waals surface area contributed by atoms with Crippen LogP contribution in [0.2, 0.25) is 0 Å². The highest BCUT2D eigenvalue weighted by Gasteiger charge is 2.41. The molecule has 0 saturated carbocycles. The molecule has 0 aromatic heterocycles. The lowest BCUT2D eigenvalue weighted by Crippen LogP contribution is -2.51. The standard InChI is InChI=1S/C18H17N3O4/c1-25-13-6-4-5-12(11-13)8-9-19-16(22)15-17(23)20-14-7-2-3-10-21(14)18(15)24/h2-7,10-11,15H,8-9H2,1H3,(H,19,22). The molecule has 7 heteroatoms. The van der Waals surface area contributed by atoms with Crippen LogP contribution in [0.1, 0.15) is 5.56 Å². The number of fused-ring (bicyclic) bond motifs is 1. The second-order valence-electron chi connectivity index (χ2n) is 5.54. The minimum Gasteiger partial charge on any atom is -0.497 e. The molecule has 3 rings (SSSR count). The minimum atomic E-state index is -1.44. The fraction of sp³-hybridized carbons (Fsp3) is 0.222. The molecule has 1 unspecified atom stereocenters. The number of benzene rings is 1. The maximum absolute atomic E-state index is 12.4. The van der Waals surface area contributed by atoms with Crippen molar-refractivity contribution in [3.63, 3.8) is 0 Å². The molecule has 0 aliphatic carbocycles. The van der Waals surface area contributed by atoms with E-state index in [1.165, 1.54) is 11.1 Å². The Kier molecular flexibility index (Phi) is 4.74. The predicted molar refractivity (Wildman–Crippen MR) is 90.8 cm³/mol. The topological polar surface area (TPSA) is 88.1 Å². The third-order valence-corrected chi connectivity index (χ3v) is 3.90. The van der Waals surface area contributed by atoms with Gasteiger partial charge in [-0.25, -0.2) is 0 Å². The van der Waals surface area contributed by atoms with Crippen LogP contribution in [-0.4, -0.2) is 42.1 Å². The normalized spacial score (nSPS) is 18.7. The maximum atomic E-state index is 12.4. The second-order valence-corrected chi connectivity index (χ2v) is 5.54. The lowest BCUT2D eigenvalue weighted by Gasteiger charge is -2.27. The van der Waals surface area contributed by atoms with Gasteiger partial charge < -0.3 is 10.1 Å². The molecule has 2 aliphatic rings. The Morgan fingerprint density at radius 1 is 1.32 bits per heavy atom. The van der Waals surface area contributed by atoms with Crippen LogP contribution in [0.25, 0.3) is 0 Å². The van der Waals surface area contributed by atoms with Crippen LogP contribution >= 0.6 is 0 Å². The van der Waals surface area contributed by atoms with Crippen molar-refractivity contribution >= 4 is 23.6 Å². The molecule has 1 atom stereocenters. The minimum absolute atomic E-state index is 0.234. The van der Waals surface area contributed by atoms with E-state index in [0.29, 0.717) is 13.0 Å². The smallest absolute Gasteiger partial charge is 0.269 e. The summed E-state index contributed by atoms with van der Waals surface area (Å²) >= 11 is 0. The van der Waals surface area contributed by atoms with Gasteiger partial charge in [0.1, 0.15) is 11.6 Å². The van der Waals surface area contributed by atoms with Crippen LogP contribution in [-0.2, 0) is 20.8 Å². The number of carbonyl (C=O) groups is 3. The highest BCUT2D eigenvalue weighted by atomic mass is 16.5. The molecular formula is C18H17N3O4. The van der Waals surface area contributed by atoms with Gasteiger partial charge in [0, 0.05) is 12.7 Å². The first-order valence-corrected chi connectivity index (χ1v) is 7.81. The maximum Gasteiger partial charge on any atom is 0.269 e. The molecular weight excluding hydrogens is 322 g/mol. The quantitative estimate of drug-likeness (QED) is 0.805. The first-order valence-electron chi connectivity index (χ1n) is 7.81. The van der Waals surface area contributed by atoms with Crippen molar-refractivity contribution in [1.29, 1.82) is 0 Å². The van der Waals surface area contributed by atoms with Crippen molar-refractivity contribution in [2.75, 3.05) is 13.7 Å². The third-order valence-electron chi connectivity index (χ3n) is 3.90. The van der Waals surface area contributed by atoms with Gasteiger partial charge in [0.05, 0.1) is 7.11 Å². The molecule has 1 N–H and O–H groups in total. The molecule has 0 fully saturated rings. The third kappa shape index (κ3) is 3.50. The molecule has 7 nitrogen and oxygen atoms in total. The second kappa shape index (κ2) is 7.12. The number of aliphatic imine (C=N–C) groups is 1. The summed E-state index contributed by atoms with van der Waals surface area (Å²) in [5, 5.41) is 2.64. The SMILES string of the molecule is COc1cccc(CCNC(=O)C2C(=O)N=C3C=CC=CN3C2=O)c1. The van der Waals surface area contributed by atoms with Gasteiger partial charge in [-0.05, 0) is 36.3 Å². The summed E-state index contributed by atoms with van der Waals surface area (Å²) in [7, 11) is 1.58. The summed E-state index contributed by atoms with van der Waals surface area (Å²) < 4.78 is 5.15. The lowest BCUT2D eigenvalue weighted by atomic mass is 10.0. The average molecular weight is 339 g/mol. The number of amidine groups is 1. The molecule has 0 radical (unpaired) electrons. The number of nitrogens with one attached hydrogen (secondary N) is 1. The van der Waals surface area contributed by atoms with Gasteiger partial charge >= 0.3 is 0 Å². The van der Waals surface area contributed by atoms with E-state index >= 15 is 0 Å². The first kappa shape index (κ1) is 16.6.